The van der Waals surface area contributed by atoms with E-state index >= 15 is 0 Å². The van der Waals surface area contributed by atoms with Crippen LogP contribution in [0.1, 0.15) is 12.5 Å². The molecule has 4 N–H and O–H groups in total. The summed E-state index contributed by atoms with van der Waals surface area (Å²) in [6.45, 7) is 1.55. The summed E-state index contributed by atoms with van der Waals surface area (Å²) >= 11 is 0. The van der Waals surface area contributed by atoms with Crippen molar-refractivity contribution in [2.24, 2.45) is 5.14 Å². The average molecular weight is 411 g/mol. The molecule has 0 spiro atoms. The number of benzene rings is 2. The second kappa shape index (κ2) is 6.83. The minimum Gasteiger partial charge on any atom is -0.479 e. The molecule has 9 nitrogen and oxygen atoms in total. The molecule has 11 heteroatoms. The van der Waals surface area contributed by atoms with Crippen LogP contribution in [0.3, 0.4) is 0 Å². The van der Waals surface area contributed by atoms with Gasteiger partial charge in [0.05, 0.1) is 16.3 Å². The predicted octanol–water partition coefficient (Wildman–Crippen LogP) is 0.995. The van der Waals surface area contributed by atoms with Crippen molar-refractivity contribution in [3.63, 3.8) is 0 Å². The molecule has 1 heterocycles. The van der Waals surface area contributed by atoms with Crippen LogP contribution in [0.2, 0.25) is 0 Å². The van der Waals surface area contributed by atoms with E-state index in [1.165, 1.54) is 42.5 Å². The Kier molecular flexibility index (Phi) is 4.84. The third-order valence-corrected chi connectivity index (χ3v) is 5.86. The standard InChI is InChI=1S/C16H17N3O6S2/c1-10-16(20)18-14-6-5-13(8-15(14)25-10)27(23,24)19-12-4-2-3-11(7-12)9-26(17,21)22/h2-8,10,19H,9H2,1H3,(H,18,20)(H2,17,21,22)/t10-/m0/s1. The van der Waals surface area contributed by atoms with Gasteiger partial charge in [-0.1, -0.05) is 12.1 Å². The summed E-state index contributed by atoms with van der Waals surface area (Å²) in [6.07, 6.45) is -0.738. The van der Waals surface area contributed by atoms with Crippen molar-refractivity contribution in [3.05, 3.63) is 48.0 Å². The van der Waals surface area contributed by atoms with E-state index in [2.05, 4.69) is 10.0 Å². The van der Waals surface area contributed by atoms with Gasteiger partial charge in [-0.05, 0) is 36.8 Å². The first-order chi connectivity index (χ1) is 12.5. The Balaban J connectivity index is 1.87. The molecule has 0 fully saturated rings. The van der Waals surface area contributed by atoms with Gasteiger partial charge in [-0.2, -0.15) is 0 Å². The van der Waals surface area contributed by atoms with Crippen molar-refractivity contribution in [1.82, 2.24) is 0 Å². The van der Waals surface area contributed by atoms with Crippen LogP contribution in [0.5, 0.6) is 5.75 Å². The van der Waals surface area contributed by atoms with Crippen molar-refractivity contribution in [1.29, 1.82) is 0 Å². The molecule has 2 aromatic rings. The fourth-order valence-electron chi connectivity index (χ4n) is 2.52. The number of rotatable bonds is 5. The SMILES string of the molecule is C[C@@H]1Oc2cc(S(=O)(=O)Nc3cccc(CS(N)(=O)=O)c3)ccc2NC1=O. The second-order valence-corrected chi connectivity index (χ2v) is 9.32. The monoisotopic (exact) mass is 411 g/mol. The highest BCUT2D eigenvalue weighted by Gasteiger charge is 2.25. The molecular weight excluding hydrogens is 394 g/mol. The minimum absolute atomic E-state index is 0.0681. The van der Waals surface area contributed by atoms with Crippen LogP contribution in [0, 0.1) is 0 Å². The largest absolute Gasteiger partial charge is 0.479 e. The number of carbonyl (C=O) groups excluding carboxylic acids is 1. The Bertz CT molecular complexity index is 1110. The molecule has 1 aliphatic rings. The molecule has 3 rings (SSSR count). The lowest BCUT2D eigenvalue weighted by atomic mass is 10.2. The van der Waals surface area contributed by atoms with E-state index in [0.29, 0.717) is 11.3 Å². The van der Waals surface area contributed by atoms with Gasteiger partial charge in [0.1, 0.15) is 5.75 Å². The number of anilines is 2. The van der Waals surface area contributed by atoms with E-state index < -0.39 is 31.9 Å². The van der Waals surface area contributed by atoms with E-state index in [1.807, 2.05) is 0 Å². The van der Waals surface area contributed by atoms with Crippen LogP contribution in [-0.4, -0.2) is 28.8 Å². The van der Waals surface area contributed by atoms with Crippen molar-refractivity contribution >= 4 is 37.3 Å². The van der Waals surface area contributed by atoms with E-state index in [0.717, 1.165) is 0 Å². The number of nitrogens with one attached hydrogen (secondary N) is 2. The molecule has 27 heavy (non-hydrogen) atoms. The Morgan fingerprint density at radius 1 is 1.15 bits per heavy atom. The maximum absolute atomic E-state index is 12.6. The number of sulfonamides is 2. The van der Waals surface area contributed by atoms with Crippen LogP contribution in [0.25, 0.3) is 0 Å². The Morgan fingerprint density at radius 2 is 1.89 bits per heavy atom. The van der Waals surface area contributed by atoms with Gasteiger partial charge in [0.2, 0.25) is 10.0 Å². The smallest absolute Gasteiger partial charge is 0.265 e. The van der Waals surface area contributed by atoms with Gasteiger partial charge in [0.15, 0.2) is 6.10 Å². The molecule has 0 aliphatic carbocycles. The molecule has 0 aromatic heterocycles. The average Bonchev–Trinajstić information content (AvgIpc) is 2.53. The summed E-state index contributed by atoms with van der Waals surface area (Å²) in [6, 6.07) is 9.99. The second-order valence-electron chi connectivity index (χ2n) is 6.02. The van der Waals surface area contributed by atoms with Crippen LogP contribution < -0.4 is 19.9 Å². The lowest BCUT2D eigenvalue weighted by Crippen LogP contribution is -2.34. The predicted molar refractivity (Wildman–Crippen MR) is 99.2 cm³/mol. The molecule has 2 aromatic carbocycles. The van der Waals surface area contributed by atoms with Gasteiger partial charge in [-0.25, -0.2) is 22.0 Å². The van der Waals surface area contributed by atoms with Crippen molar-refractivity contribution in [2.45, 2.75) is 23.7 Å². The normalized spacial score (nSPS) is 16.8. The van der Waals surface area contributed by atoms with Crippen molar-refractivity contribution < 1.29 is 26.4 Å². The molecule has 0 saturated heterocycles. The first-order valence-electron chi connectivity index (χ1n) is 7.77. The summed E-state index contributed by atoms with van der Waals surface area (Å²) in [5.74, 6) is -0.483. The molecule has 0 saturated carbocycles. The maximum Gasteiger partial charge on any atom is 0.265 e. The lowest BCUT2D eigenvalue weighted by molar-refractivity contribution is -0.122. The molecule has 0 unspecified atom stereocenters. The van der Waals surface area contributed by atoms with Gasteiger partial charge >= 0.3 is 0 Å². The van der Waals surface area contributed by atoms with Crippen LogP contribution in [-0.2, 0) is 30.6 Å². The van der Waals surface area contributed by atoms with E-state index in [-0.39, 0.29) is 22.2 Å². The topological polar surface area (TPSA) is 145 Å². The fraction of sp³-hybridized carbons (Fsp3) is 0.188. The minimum atomic E-state index is -3.96. The molecule has 1 amide bonds. The molecule has 0 radical (unpaired) electrons. The molecule has 1 atom stereocenters. The molecular formula is C16H17N3O6S2. The van der Waals surface area contributed by atoms with E-state index in [9.17, 15) is 21.6 Å². The molecule has 0 bridgehead atoms. The number of hydrogen-bond acceptors (Lipinski definition) is 6. The third kappa shape index (κ3) is 4.56. The van der Waals surface area contributed by atoms with Gasteiger partial charge in [0.25, 0.3) is 15.9 Å². The number of nitrogens with two attached hydrogens (primary N) is 1. The highest BCUT2D eigenvalue weighted by Crippen LogP contribution is 2.32. The third-order valence-electron chi connectivity index (χ3n) is 3.74. The summed E-state index contributed by atoms with van der Waals surface area (Å²) in [5, 5.41) is 7.63. The first-order valence-corrected chi connectivity index (χ1v) is 11.0. The number of carbonyl (C=O) groups is 1. The number of hydrogen-bond donors (Lipinski definition) is 3. The van der Waals surface area contributed by atoms with Gasteiger partial charge in [-0.3, -0.25) is 9.52 Å². The number of ether oxygens (including phenoxy) is 1. The summed E-state index contributed by atoms with van der Waals surface area (Å²) in [4.78, 5) is 11.5. The number of primary sulfonamides is 1. The molecule has 144 valence electrons. The fourth-order valence-corrected chi connectivity index (χ4v) is 4.23. The Labute approximate surface area is 156 Å². The summed E-state index contributed by atoms with van der Waals surface area (Å²) in [5.41, 5.74) is 0.923. The first kappa shape index (κ1) is 19.1. The van der Waals surface area contributed by atoms with Crippen LogP contribution >= 0.6 is 0 Å². The maximum atomic E-state index is 12.6. The summed E-state index contributed by atoms with van der Waals surface area (Å²) < 4.78 is 55.5. The quantitative estimate of drug-likeness (QED) is 0.669. The zero-order chi connectivity index (χ0) is 19.8. The van der Waals surface area contributed by atoms with Gasteiger partial charge in [-0.15, -0.1) is 0 Å². The van der Waals surface area contributed by atoms with Crippen molar-refractivity contribution in [3.8, 4) is 5.75 Å². The number of fused-ring (bicyclic) bond motifs is 1. The lowest BCUT2D eigenvalue weighted by Gasteiger charge is -2.23. The number of amides is 1. The summed E-state index contributed by atoms with van der Waals surface area (Å²) in [7, 11) is -7.70. The van der Waals surface area contributed by atoms with Gasteiger partial charge in [0, 0.05) is 11.8 Å². The Hall–Kier alpha value is -2.63. The van der Waals surface area contributed by atoms with E-state index in [4.69, 9.17) is 9.88 Å². The Morgan fingerprint density at radius 3 is 2.59 bits per heavy atom. The zero-order valence-electron chi connectivity index (χ0n) is 14.2. The van der Waals surface area contributed by atoms with Crippen molar-refractivity contribution in [2.75, 3.05) is 10.0 Å². The molecule has 1 aliphatic heterocycles. The highest BCUT2D eigenvalue weighted by molar-refractivity contribution is 7.92. The zero-order valence-corrected chi connectivity index (χ0v) is 15.8. The highest BCUT2D eigenvalue weighted by atomic mass is 32.2. The van der Waals surface area contributed by atoms with Gasteiger partial charge < -0.3 is 10.1 Å². The van der Waals surface area contributed by atoms with Crippen LogP contribution in [0.15, 0.2) is 47.4 Å². The van der Waals surface area contributed by atoms with Crippen LogP contribution in [0.4, 0.5) is 11.4 Å². The van der Waals surface area contributed by atoms with E-state index in [1.54, 1.807) is 6.92 Å².